The van der Waals surface area contributed by atoms with Gasteiger partial charge in [-0.3, -0.25) is 4.79 Å². The molecule has 3 rings (SSSR count). The van der Waals surface area contributed by atoms with Crippen LogP contribution >= 0.6 is 0 Å². The second-order valence-corrected chi connectivity index (χ2v) is 7.79. The minimum Gasteiger partial charge on any atom is -0.324 e. The molecule has 0 aromatic carbocycles. The van der Waals surface area contributed by atoms with Gasteiger partial charge < -0.3 is 5.32 Å². The van der Waals surface area contributed by atoms with E-state index < -0.39 is 10.0 Å². The van der Waals surface area contributed by atoms with E-state index in [1.807, 2.05) is 0 Å². The monoisotopic (exact) mass is 349 g/mol. The van der Waals surface area contributed by atoms with Crippen LogP contribution in [0.5, 0.6) is 0 Å². The molecule has 24 heavy (non-hydrogen) atoms. The molecule has 8 nitrogen and oxygen atoms in total. The number of carbonyl (C=O) groups excluding carboxylic acids is 1. The van der Waals surface area contributed by atoms with E-state index >= 15 is 0 Å². The number of amides is 1. The molecule has 0 radical (unpaired) electrons. The van der Waals surface area contributed by atoms with E-state index in [4.69, 9.17) is 0 Å². The van der Waals surface area contributed by atoms with Crippen molar-refractivity contribution >= 4 is 21.6 Å². The molecule has 9 heteroatoms. The van der Waals surface area contributed by atoms with Crippen molar-refractivity contribution in [3.63, 3.8) is 0 Å². The van der Waals surface area contributed by atoms with Gasteiger partial charge in [0.2, 0.25) is 15.9 Å². The van der Waals surface area contributed by atoms with E-state index in [1.165, 1.54) is 10.6 Å². The average molecular weight is 349 g/mol. The van der Waals surface area contributed by atoms with Gasteiger partial charge in [0, 0.05) is 25.5 Å². The molecule has 1 fully saturated rings. The number of hydrogen-bond acceptors (Lipinski definition) is 5. The number of nitrogens with one attached hydrogen (secondary N) is 1. The molecule has 1 atom stereocenters. The van der Waals surface area contributed by atoms with Crippen LogP contribution in [0.15, 0.2) is 36.8 Å². The third kappa shape index (κ3) is 3.80. The molecular formula is C15H19N5O3S. The highest BCUT2D eigenvalue weighted by Gasteiger charge is 2.30. The predicted molar refractivity (Wildman–Crippen MR) is 89.1 cm³/mol. The van der Waals surface area contributed by atoms with Crippen LogP contribution in [0.2, 0.25) is 0 Å². The number of piperidine rings is 1. The number of nitrogens with zero attached hydrogens (tertiary/aromatic N) is 4. The average Bonchev–Trinajstić information content (AvgIpc) is 3.09. The second-order valence-electron chi connectivity index (χ2n) is 5.81. The highest BCUT2D eigenvalue weighted by atomic mass is 32.2. The van der Waals surface area contributed by atoms with Crippen molar-refractivity contribution in [2.24, 2.45) is 5.92 Å². The smallest absolute Gasteiger partial charge is 0.228 e. The van der Waals surface area contributed by atoms with Gasteiger partial charge in [0.1, 0.15) is 0 Å². The lowest BCUT2D eigenvalue weighted by Crippen LogP contribution is -2.43. The molecule has 1 amide bonds. The molecular weight excluding hydrogens is 330 g/mol. The number of anilines is 1. The molecule has 0 unspecified atom stereocenters. The first-order valence-electron chi connectivity index (χ1n) is 7.65. The van der Waals surface area contributed by atoms with Crippen LogP contribution in [-0.2, 0) is 14.8 Å². The summed E-state index contributed by atoms with van der Waals surface area (Å²) in [4.78, 5) is 16.6. The number of aromatic nitrogens is 3. The summed E-state index contributed by atoms with van der Waals surface area (Å²) in [6.45, 7) is 0.701. The van der Waals surface area contributed by atoms with Crippen LogP contribution in [0.1, 0.15) is 12.8 Å². The van der Waals surface area contributed by atoms with Crippen molar-refractivity contribution in [1.82, 2.24) is 19.1 Å². The molecule has 1 aliphatic rings. The molecule has 2 aromatic rings. The van der Waals surface area contributed by atoms with Crippen molar-refractivity contribution in [3.05, 3.63) is 36.8 Å². The van der Waals surface area contributed by atoms with Gasteiger partial charge in [-0.05, 0) is 31.0 Å². The minimum absolute atomic E-state index is 0.183. The van der Waals surface area contributed by atoms with Gasteiger partial charge in [-0.1, -0.05) is 0 Å². The lowest BCUT2D eigenvalue weighted by Gasteiger charge is -2.30. The zero-order valence-corrected chi connectivity index (χ0v) is 14.1. The summed E-state index contributed by atoms with van der Waals surface area (Å²) >= 11 is 0. The third-order valence-electron chi connectivity index (χ3n) is 3.98. The molecule has 128 valence electrons. The number of hydrogen-bond donors (Lipinski definition) is 1. The maximum Gasteiger partial charge on any atom is 0.228 e. The number of rotatable bonds is 4. The van der Waals surface area contributed by atoms with Gasteiger partial charge in [0.15, 0.2) is 5.82 Å². The van der Waals surface area contributed by atoms with Crippen molar-refractivity contribution in [2.45, 2.75) is 12.8 Å². The topological polar surface area (TPSA) is 97.2 Å². The maximum atomic E-state index is 12.4. The Labute approximate surface area is 140 Å². The van der Waals surface area contributed by atoms with Crippen LogP contribution in [0.4, 0.5) is 5.69 Å². The van der Waals surface area contributed by atoms with E-state index in [9.17, 15) is 13.2 Å². The third-order valence-corrected chi connectivity index (χ3v) is 5.25. The highest BCUT2D eigenvalue weighted by Crippen LogP contribution is 2.20. The van der Waals surface area contributed by atoms with Gasteiger partial charge in [0.05, 0.1) is 24.1 Å². The van der Waals surface area contributed by atoms with E-state index in [0.717, 1.165) is 0 Å². The van der Waals surface area contributed by atoms with Crippen LogP contribution < -0.4 is 5.32 Å². The Hall–Kier alpha value is -2.26. The molecule has 0 aliphatic carbocycles. The van der Waals surface area contributed by atoms with Gasteiger partial charge in [-0.15, -0.1) is 0 Å². The predicted octanol–water partition coefficient (Wildman–Crippen LogP) is 0.877. The van der Waals surface area contributed by atoms with Crippen molar-refractivity contribution < 1.29 is 13.2 Å². The summed E-state index contributed by atoms with van der Waals surface area (Å²) in [5, 5.41) is 6.89. The highest BCUT2D eigenvalue weighted by molar-refractivity contribution is 7.88. The Kier molecular flexibility index (Phi) is 4.63. The first-order chi connectivity index (χ1) is 11.4. The fourth-order valence-electron chi connectivity index (χ4n) is 2.70. The molecule has 1 aliphatic heterocycles. The second kappa shape index (κ2) is 6.70. The molecule has 1 N–H and O–H groups in total. The summed E-state index contributed by atoms with van der Waals surface area (Å²) in [6, 6.07) is 5.30. The van der Waals surface area contributed by atoms with E-state index in [2.05, 4.69) is 15.4 Å². The first kappa shape index (κ1) is 16.6. The Morgan fingerprint density at radius 2 is 2.21 bits per heavy atom. The summed E-state index contributed by atoms with van der Waals surface area (Å²) in [7, 11) is -3.26. The van der Waals surface area contributed by atoms with Crippen LogP contribution in [0.3, 0.4) is 0 Å². The van der Waals surface area contributed by atoms with Crippen molar-refractivity contribution in [3.8, 4) is 5.82 Å². The summed E-state index contributed by atoms with van der Waals surface area (Å²) < 4.78 is 26.3. The molecule has 3 heterocycles. The molecule has 0 bridgehead atoms. The lowest BCUT2D eigenvalue weighted by atomic mass is 9.99. The van der Waals surface area contributed by atoms with Crippen LogP contribution in [-0.4, -0.2) is 52.7 Å². The zero-order chi connectivity index (χ0) is 17.2. The number of carbonyl (C=O) groups is 1. The Balaban J connectivity index is 1.64. The molecule has 2 aromatic heterocycles. The quantitative estimate of drug-likeness (QED) is 0.884. The maximum absolute atomic E-state index is 12.4. The van der Waals surface area contributed by atoms with Crippen LogP contribution in [0, 0.1) is 5.92 Å². The summed E-state index contributed by atoms with van der Waals surface area (Å²) in [5.74, 6) is 0.121. The Morgan fingerprint density at radius 1 is 1.38 bits per heavy atom. The van der Waals surface area contributed by atoms with Gasteiger partial charge in [-0.25, -0.2) is 22.4 Å². The van der Waals surface area contributed by atoms with Gasteiger partial charge in [0.25, 0.3) is 0 Å². The van der Waals surface area contributed by atoms with Crippen molar-refractivity contribution in [1.29, 1.82) is 0 Å². The lowest BCUT2D eigenvalue weighted by molar-refractivity contribution is -0.120. The van der Waals surface area contributed by atoms with E-state index in [-0.39, 0.29) is 18.4 Å². The molecule has 0 saturated carbocycles. The van der Waals surface area contributed by atoms with E-state index in [1.54, 1.807) is 41.5 Å². The van der Waals surface area contributed by atoms with Crippen molar-refractivity contribution in [2.75, 3.05) is 24.7 Å². The minimum atomic E-state index is -3.26. The van der Waals surface area contributed by atoms with Crippen LogP contribution in [0.25, 0.3) is 5.82 Å². The Morgan fingerprint density at radius 3 is 2.83 bits per heavy atom. The Bertz CT molecular complexity index is 802. The fraction of sp³-hybridized carbons (Fsp3) is 0.400. The SMILES string of the molecule is CS(=O)(=O)N1CCC[C@H](C(=O)Nc2ccc(-n3cccn3)nc2)C1. The van der Waals surface area contributed by atoms with Gasteiger partial charge in [-0.2, -0.15) is 5.10 Å². The largest absolute Gasteiger partial charge is 0.324 e. The molecule has 1 saturated heterocycles. The number of pyridine rings is 1. The van der Waals surface area contributed by atoms with E-state index in [0.29, 0.717) is 30.9 Å². The zero-order valence-electron chi connectivity index (χ0n) is 13.3. The number of sulfonamides is 1. The van der Waals surface area contributed by atoms with Gasteiger partial charge >= 0.3 is 0 Å². The molecule has 0 spiro atoms. The summed E-state index contributed by atoms with van der Waals surface area (Å²) in [5.41, 5.74) is 0.576. The first-order valence-corrected chi connectivity index (χ1v) is 9.50. The standard InChI is InChI=1S/C15H19N5O3S/c1-24(22,23)19-8-2-4-12(11-19)15(21)18-13-5-6-14(16-10-13)20-9-3-7-17-20/h3,5-7,9-10,12H,2,4,8,11H2,1H3,(H,18,21)/t12-/m0/s1. The summed E-state index contributed by atoms with van der Waals surface area (Å²) in [6.07, 6.45) is 7.53. The normalized spacial score (nSPS) is 19.1. The fourth-order valence-corrected chi connectivity index (χ4v) is 3.61.